The van der Waals surface area contributed by atoms with Gasteiger partial charge in [-0.3, -0.25) is 4.79 Å². The summed E-state index contributed by atoms with van der Waals surface area (Å²) in [5.74, 6) is -0.139. The third-order valence-electron chi connectivity index (χ3n) is 4.61. The highest BCUT2D eigenvalue weighted by Gasteiger charge is 2.39. The van der Waals surface area contributed by atoms with Gasteiger partial charge in [0.05, 0.1) is 0 Å². The maximum atomic E-state index is 13.0. The second-order valence-electron chi connectivity index (χ2n) is 6.58. The summed E-state index contributed by atoms with van der Waals surface area (Å²) in [5, 5.41) is 5.58. The first-order chi connectivity index (χ1) is 12.5. The number of halogens is 1. The molecule has 2 aromatic rings. The van der Waals surface area contributed by atoms with E-state index < -0.39 is 0 Å². The molecule has 0 radical (unpaired) electrons. The Morgan fingerprint density at radius 1 is 1.12 bits per heavy atom. The van der Waals surface area contributed by atoms with Crippen molar-refractivity contribution in [1.29, 1.82) is 0 Å². The minimum atomic E-state index is -0.253. The van der Waals surface area contributed by atoms with Crippen molar-refractivity contribution in [3.05, 3.63) is 71.0 Å². The third kappa shape index (κ3) is 4.20. The molecule has 6 heteroatoms. The van der Waals surface area contributed by atoms with Crippen molar-refractivity contribution in [2.24, 2.45) is 0 Å². The van der Waals surface area contributed by atoms with Gasteiger partial charge in [-0.05, 0) is 41.8 Å². The van der Waals surface area contributed by atoms with E-state index in [2.05, 4.69) is 10.6 Å². The van der Waals surface area contributed by atoms with Crippen LogP contribution >= 0.6 is 0 Å². The Balaban J connectivity index is 1.51. The molecule has 0 aliphatic heterocycles. The highest BCUT2D eigenvalue weighted by atomic mass is 19.1. The molecule has 1 saturated carbocycles. The Hall–Kier alpha value is -2.89. The molecule has 0 unspecified atom stereocenters. The van der Waals surface area contributed by atoms with E-state index in [4.69, 9.17) is 0 Å². The first-order valence-corrected chi connectivity index (χ1v) is 8.56. The number of amides is 3. The van der Waals surface area contributed by atoms with E-state index in [1.807, 2.05) is 12.1 Å². The molecule has 0 heterocycles. The lowest BCUT2D eigenvalue weighted by Gasteiger charge is -2.18. The van der Waals surface area contributed by atoms with Gasteiger partial charge in [-0.1, -0.05) is 24.3 Å². The normalized spacial score (nSPS) is 18.1. The van der Waals surface area contributed by atoms with Crippen LogP contribution in [0.15, 0.2) is 48.5 Å². The first kappa shape index (κ1) is 17.9. The lowest BCUT2D eigenvalue weighted by atomic mass is 10.1. The second kappa shape index (κ2) is 7.56. The fraction of sp³-hybridized carbons (Fsp3) is 0.300. The van der Waals surface area contributed by atoms with Crippen LogP contribution in [0.1, 0.15) is 33.8 Å². The van der Waals surface area contributed by atoms with Crippen molar-refractivity contribution in [3.63, 3.8) is 0 Å². The minimum Gasteiger partial charge on any atom is -0.355 e. The maximum absolute atomic E-state index is 13.0. The van der Waals surface area contributed by atoms with Crippen molar-refractivity contribution in [2.45, 2.75) is 24.9 Å². The number of benzene rings is 2. The Labute approximate surface area is 152 Å². The van der Waals surface area contributed by atoms with Gasteiger partial charge in [0.25, 0.3) is 5.91 Å². The van der Waals surface area contributed by atoms with Crippen LogP contribution in [0, 0.1) is 5.82 Å². The van der Waals surface area contributed by atoms with Gasteiger partial charge in [-0.2, -0.15) is 0 Å². The number of nitrogens with one attached hydrogen (secondary N) is 2. The quantitative estimate of drug-likeness (QED) is 0.866. The molecule has 136 valence electrons. The third-order valence-corrected chi connectivity index (χ3v) is 4.61. The van der Waals surface area contributed by atoms with Crippen LogP contribution in [0.2, 0.25) is 0 Å². The summed E-state index contributed by atoms with van der Waals surface area (Å²) in [6.07, 6.45) is 0.867. The van der Waals surface area contributed by atoms with Crippen molar-refractivity contribution < 1.29 is 14.0 Å². The molecule has 1 aliphatic rings. The SMILES string of the molecule is CNC(=O)c1ccc(CN(C)C(=O)N[C@@H]2C[C@H]2c2ccc(F)cc2)cc1. The molecule has 2 N–H and O–H groups in total. The summed E-state index contributed by atoms with van der Waals surface area (Å²) in [6.45, 7) is 0.452. The zero-order chi connectivity index (χ0) is 18.7. The summed E-state index contributed by atoms with van der Waals surface area (Å²) in [7, 11) is 3.32. The van der Waals surface area contributed by atoms with E-state index in [0.29, 0.717) is 12.1 Å². The van der Waals surface area contributed by atoms with Gasteiger partial charge in [0.15, 0.2) is 0 Å². The largest absolute Gasteiger partial charge is 0.355 e. The van der Waals surface area contributed by atoms with E-state index >= 15 is 0 Å². The van der Waals surface area contributed by atoms with Gasteiger partial charge < -0.3 is 15.5 Å². The van der Waals surface area contributed by atoms with Crippen LogP contribution in [0.5, 0.6) is 0 Å². The second-order valence-corrected chi connectivity index (χ2v) is 6.58. The van der Waals surface area contributed by atoms with Crippen molar-refractivity contribution in [1.82, 2.24) is 15.5 Å². The number of hydrogen-bond donors (Lipinski definition) is 2. The van der Waals surface area contributed by atoms with Gasteiger partial charge in [0.1, 0.15) is 5.82 Å². The minimum absolute atomic E-state index is 0.0889. The summed E-state index contributed by atoms with van der Waals surface area (Å²) < 4.78 is 13.0. The van der Waals surface area contributed by atoms with Crippen LogP contribution in [-0.2, 0) is 6.54 Å². The lowest BCUT2D eigenvalue weighted by Crippen LogP contribution is -2.38. The van der Waals surface area contributed by atoms with Crippen molar-refractivity contribution in [3.8, 4) is 0 Å². The summed E-state index contributed by atoms with van der Waals surface area (Å²) in [6, 6.07) is 13.5. The van der Waals surface area contributed by atoms with E-state index in [-0.39, 0.29) is 29.7 Å². The van der Waals surface area contributed by atoms with Crippen molar-refractivity contribution in [2.75, 3.05) is 14.1 Å². The summed E-state index contributed by atoms with van der Waals surface area (Å²) >= 11 is 0. The summed E-state index contributed by atoms with van der Waals surface area (Å²) in [5.41, 5.74) is 2.58. The lowest BCUT2D eigenvalue weighted by molar-refractivity contribution is 0.0963. The van der Waals surface area contributed by atoms with Crippen molar-refractivity contribution >= 4 is 11.9 Å². The predicted molar refractivity (Wildman–Crippen MR) is 97.4 cm³/mol. The molecule has 2 aromatic carbocycles. The molecule has 0 bridgehead atoms. The molecule has 0 aromatic heterocycles. The monoisotopic (exact) mass is 355 g/mol. The molecule has 0 saturated heterocycles. The van der Waals surface area contributed by atoms with Gasteiger partial charge in [0.2, 0.25) is 0 Å². The molecule has 2 atom stereocenters. The van der Waals surface area contributed by atoms with Gasteiger partial charge in [-0.25, -0.2) is 9.18 Å². The standard InChI is InChI=1S/C20H22FN3O2/c1-22-19(25)15-5-3-13(4-6-15)12-24(2)20(26)23-18-11-17(18)14-7-9-16(21)10-8-14/h3-10,17-18H,11-12H2,1-2H3,(H,22,25)(H,23,26)/t17-,18+/m0/s1. The van der Waals surface area contributed by atoms with Crippen LogP contribution in [0.25, 0.3) is 0 Å². The Kier molecular flexibility index (Phi) is 5.21. The molecule has 1 aliphatic carbocycles. The highest BCUT2D eigenvalue weighted by Crippen LogP contribution is 2.40. The van der Waals surface area contributed by atoms with E-state index in [1.54, 1.807) is 43.3 Å². The van der Waals surface area contributed by atoms with Crippen LogP contribution in [-0.4, -0.2) is 37.0 Å². The number of carbonyl (C=O) groups excluding carboxylic acids is 2. The molecule has 3 rings (SSSR count). The number of hydrogen-bond acceptors (Lipinski definition) is 2. The molecule has 3 amide bonds. The Bertz CT molecular complexity index is 790. The van der Waals surface area contributed by atoms with E-state index in [1.165, 1.54) is 12.1 Å². The van der Waals surface area contributed by atoms with Gasteiger partial charge in [-0.15, -0.1) is 0 Å². The Morgan fingerprint density at radius 2 is 1.77 bits per heavy atom. The maximum Gasteiger partial charge on any atom is 0.317 e. The molecular formula is C20H22FN3O2. The molecule has 26 heavy (non-hydrogen) atoms. The molecule has 5 nitrogen and oxygen atoms in total. The fourth-order valence-corrected chi connectivity index (χ4v) is 2.95. The zero-order valence-corrected chi connectivity index (χ0v) is 14.8. The number of carbonyl (C=O) groups is 2. The number of nitrogens with zero attached hydrogens (tertiary/aromatic N) is 1. The average Bonchev–Trinajstić information content (AvgIpc) is 3.41. The van der Waals surface area contributed by atoms with Gasteiger partial charge >= 0.3 is 6.03 Å². The highest BCUT2D eigenvalue weighted by molar-refractivity contribution is 5.93. The van der Waals surface area contributed by atoms with Gasteiger partial charge in [0, 0.05) is 38.2 Å². The molecular weight excluding hydrogens is 333 g/mol. The average molecular weight is 355 g/mol. The zero-order valence-electron chi connectivity index (χ0n) is 14.8. The smallest absolute Gasteiger partial charge is 0.317 e. The van der Waals surface area contributed by atoms with Crippen LogP contribution in [0.3, 0.4) is 0 Å². The first-order valence-electron chi connectivity index (χ1n) is 8.56. The molecule has 1 fully saturated rings. The Morgan fingerprint density at radius 3 is 2.38 bits per heavy atom. The van der Waals surface area contributed by atoms with E-state index in [9.17, 15) is 14.0 Å². The molecule has 0 spiro atoms. The van der Waals surface area contributed by atoms with Crippen LogP contribution in [0.4, 0.5) is 9.18 Å². The number of rotatable bonds is 5. The topological polar surface area (TPSA) is 61.4 Å². The predicted octanol–water partition coefficient (Wildman–Crippen LogP) is 2.88. The number of urea groups is 1. The van der Waals surface area contributed by atoms with Crippen LogP contribution < -0.4 is 10.6 Å². The fourth-order valence-electron chi connectivity index (χ4n) is 2.95. The summed E-state index contributed by atoms with van der Waals surface area (Å²) in [4.78, 5) is 25.5. The van der Waals surface area contributed by atoms with E-state index in [0.717, 1.165) is 17.5 Å².